The number of nitrogens with zero attached hydrogens (tertiary/aromatic N) is 3. The van der Waals surface area contributed by atoms with Crippen molar-refractivity contribution in [1.82, 2.24) is 14.9 Å². The molecule has 0 radical (unpaired) electrons. The van der Waals surface area contributed by atoms with Crippen molar-refractivity contribution >= 4 is 5.71 Å². The SMILES string of the molecule is CN/C(=C\N)C(C)(C1=CCC2N=C(C)C(Cc3ccc(C(F)(F)F)cc3)=C(C)C2=C1)c1cnc(C)n1C. The Bertz CT molecular complexity index is 1350. The normalized spacial score (nSPS) is 20.1. The van der Waals surface area contributed by atoms with Gasteiger partial charge >= 0.3 is 6.18 Å². The minimum Gasteiger partial charge on any atom is -0.403 e. The van der Waals surface area contributed by atoms with Crippen LogP contribution < -0.4 is 11.1 Å². The van der Waals surface area contributed by atoms with Gasteiger partial charge in [0, 0.05) is 37.9 Å². The van der Waals surface area contributed by atoms with E-state index in [0.29, 0.717) is 6.42 Å². The molecule has 4 rings (SSSR count). The zero-order valence-electron chi connectivity index (χ0n) is 22.2. The number of aryl methyl sites for hydroxylation is 1. The Morgan fingerprint density at radius 2 is 1.86 bits per heavy atom. The van der Waals surface area contributed by atoms with E-state index in [0.717, 1.165) is 69.3 Å². The minimum absolute atomic E-state index is 0.0116. The van der Waals surface area contributed by atoms with Gasteiger partial charge in [-0.2, -0.15) is 13.2 Å². The van der Waals surface area contributed by atoms with Crippen LogP contribution in [-0.2, 0) is 25.1 Å². The summed E-state index contributed by atoms with van der Waals surface area (Å²) in [6, 6.07) is 5.40. The first-order valence-electron chi connectivity index (χ1n) is 12.3. The fraction of sp³-hybridized carbons (Fsp3) is 0.379. The maximum atomic E-state index is 13.0. The molecule has 0 fully saturated rings. The Morgan fingerprint density at radius 1 is 1.19 bits per heavy atom. The van der Waals surface area contributed by atoms with Crippen LogP contribution in [0, 0.1) is 6.92 Å². The van der Waals surface area contributed by atoms with Crippen molar-refractivity contribution in [2.45, 2.75) is 58.2 Å². The second-order valence-corrected chi connectivity index (χ2v) is 9.91. The third kappa shape index (κ3) is 4.65. The number of hydrogen-bond donors (Lipinski definition) is 2. The molecular weight excluding hydrogens is 475 g/mol. The van der Waals surface area contributed by atoms with Crippen molar-refractivity contribution in [1.29, 1.82) is 0 Å². The lowest BCUT2D eigenvalue weighted by Crippen LogP contribution is -2.37. The minimum atomic E-state index is -4.35. The van der Waals surface area contributed by atoms with Crippen LogP contribution >= 0.6 is 0 Å². The molecule has 0 saturated heterocycles. The average Bonchev–Trinajstić information content (AvgIpc) is 3.20. The number of benzene rings is 1. The molecule has 2 unspecified atom stereocenters. The fourth-order valence-electron chi connectivity index (χ4n) is 5.46. The molecule has 1 aromatic heterocycles. The number of nitrogens with two attached hydrogens (primary N) is 1. The summed E-state index contributed by atoms with van der Waals surface area (Å²) in [5.41, 5.74) is 12.9. The lowest BCUT2D eigenvalue weighted by molar-refractivity contribution is -0.137. The van der Waals surface area contributed by atoms with E-state index in [4.69, 9.17) is 10.7 Å². The van der Waals surface area contributed by atoms with E-state index >= 15 is 0 Å². The van der Waals surface area contributed by atoms with Crippen molar-refractivity contribution in [3.05, 3.63) is 99.4 Å². The number of allylic oxidation sites excluding steroid dienone is 3. The van der Waals surface area contributed by atoms with E-state index in [-0.39, 0.29) is 6.04 Å². The van der Waals surface area contributed by atoms with Crippen molar-refractivity contribution in [3.8, 4) is 0 Å². The summed E-state index contributed by atoms with van der Waals surface area (Å²) in [6.45, 7) is 8.18. The van der Waals surface area contributed by atoms with Crippen LogP contribution in [0.25, 0.3) is 0 Å². The first-order chi connectivity index (χ1) is 17.4. The van der Waals surface area contributed by atoms with Gasteiger partial charge in [0.2, 0.25) is 0 Å². The predicted octanol–water partition coefficient (Wildman–Crippen LogP) is 5.68. The van der Waals surface area contributed by atoms with Gasteiger partial charge in [-0.15, -0.1) is 0 Å². The van der Waals surface area contributed by atoms with Crippen LogP contribution in [0.15, 0.2) is 81.8 Å². The molecule has 0 saturated carbocycles. The molecule has 37 heavy (non-hydrogen) atoms. The van der Waals surface area contributed by atoms with Crippen LogP contribution in [0.1, 0.15) is 49.8 Å². The third-order valence-corrected chi connectivity index (χ3v) is 7.85. The van der Waals surface area contributed by atoms with E-state index in [1.54, 1.807) is 18.3 Å². The quantitative estimate of drug-likeness (QED) is 0.526. The van der Waals surface area contributed by atoms with Gasteiger partial charge < -0.3 is 15.6 Å². The molecule has 2 aromatic rings. The molecule has 0 bridgehead atoms. The lowest BCUT2D eigenvalue weighted by Gasteiger charge is -2.37. The molecule has 2 atom stereocenters. The van der Waals surface area contributed by atoms with E-state index in [1.807, 2.05) is 34.1 Å². The molecule has 2 aliphatic rings. The summed E-state index contributed by atoms with van der Waals surface area (Å²) in [7, 11) is 3.86. The number of nitrogens with one attached hydrogen (secondary N) is 1. The molecule has 8 heteroatoms. The summed E-state index contributed by atoms with van der Waals surface area (Å²) >= 11 is 0. The summed E-state index contributed by atoms with van der Waals surface area (Å²) < 4.78 is 41.1. The summed E-state index contributed by atoms with van der Waals surface area (Å²) in [5.74, 6) is 0.906. The zero-order valence-corrected chi connectivity index (χ0v) is 22.2. The Morgan fingerprint density at radius 3 is 2.41 bits per heavy atom. The Hall–Kier alpha value is -3.55. The number of fused-ring (bicyclic) bond motifs is 1. The fourth-order valence-corrected chi connectivity index (χ4v) is 5.46. The molecule has 1 aromatic carbocycles. The van der Waals surface area contributed by atoms with Crippen LogP contribution in [0.3, 0.4) is 0 Å². The Labute approximate surface area is 216 Å². The number of likely N-dealkylation sites (N-methyl/N-ethyl adjacent to an activating group) is 1. The smallest absolute Gasteiger partial charge is 0.403 e. The number of dihydropyridines is 1. The molecule has 196 valence electrons. The number of hydrogen-bond acceptors (Lipinski definition) is 4. The second kappa shape index (κ2) is 9.72. The summed E-state index contributed by atoms with van der Waals surface area (Å²) in [5, 5.41) is 3.28. The largest absolute Gasteiger partial charge is 0.416 e. The molecule has 2 heterocycles. The monoisotopic (exact) mass is 509 g/mol. The van der Waals surface area contributed by atoms with Crippen LogP contribution in [0.2, 0.25) is 0 Å². The molecule has 5 nitrogen and oxygen atoms in total. The van der Waals surface area contributed by atoms with Gasteiger partial charge in [0.15, 0.2) is 0 Å². The number of imidazole rings is 1. The highest BCUT2D eigenvalue weighted by Gasteiger charge is 2.39. The Kier molecular flexibility index (Phi) is 6.97. The van der Waals surface area contributed by atoms with Crippen LogP contribution in [0.5, 0.6) is 0 Å². The molecule has 0 spiro atoms. The Balaban J connectivity index is 1.76. The summed E-state index contributed by atoms with van der Waals surface area (Å²) in [6.07, 6.45) is 4.85. The highest BCUT2D eigenvalue weighted by Crippen LogP contribution is 2.43. The lowest BCUT2D eigenvalue weighted by atomic mass is 9.71. The second-order valence-electron chi connectivity index (χ2n) is 9.91. The van der Waals surface area contributed by atoms with Gasteiger partial charge in [0.25, 0.3) is 0 Å². The predicted molar refractivity (Wildman–Crippen MR) is 142 cm³/mol. The maximum absolute atomic E-state index is 13.0. The van der Waals surface area contributed by atoms with E-state index in [9.17, 15) is 13.2 Å². The van der Waals surface area contributed by atoms with Gasteiger partial charge in [-0.3, -0.25) is 4.99 Å². The highest BCUT2D eigenvalue weighted by molar-refractivity contribution is 6.01. The average molecular weight is 510 g/mol. The highest BCUT2D eigenvalue weighted by atomic mass is 19.4. The molecule has 0 amide bonds. The van der Waals surface area contributed by atoms with Crippen molar-refractivity contribution < 1.29 is 13.2 Å². The molecule has 1 aliphatic heterocycles. The zero-order chi connectivity index (χ0) is 27.1. The summed E-state index contributed by atoms with van der Waals surface area (Å²) in [4.78, 5) is 9.51. The molecule has 1 aliphatic carbocycles. The first-order valence-corrected chi connectivity index (χ1v) is 12.3. The number of alkyl halides is 3. The number of aromatic nitrogens is 2. The van der Waals surface area contributed by atoms with Crippen LogP contribution in [-0.4, -0.2) is 28.4 Å². The van der Waals surface area contributed by atoms with Gasteiger partial charge in [-0.1, -0.05) is 24.3 Å². The number of aliphatic imine (C=N–C) groups is 1. The van der Waals surface area contributed by atoms with Gasteiger partial charge in [0.05, 0.1) is 22.7 Å². The van der Waals surface area contributed by atoms with Crippen molar-refractivity contribution in [2.24, 2.45) is 17.8 Å². The van der Waals surface area contributed by atoms with Gasteiger partial charge in [-0.05, 0) is 80.5 Å². The number of rotatable bonds is 6. The first kappa shape index (κ1) is 26.5. The van der Waals surface area contributed by atoms with Crippen LogP contribution in [0.4, 0.5) is 13.2 Å². The standard InChI is InChI=1S/C29H34F3N5/c1-17-23(13-20-7-9-21(10-8-20)29(30,31)32)18(2)36-25-12-11-22(14-24(17)25)28(4,26(15-33)34-5)27-16-35-19(3)37(27)6/h7-11,14-16,25,34H,12-13,33H2,1-6H3/b26-15-. The van der Waals surface area contributed by atoms with E-state index < -0.39 is 17.2 Å². The van der Waals surface area contributed by atoms with Gasteiger partial charge in [0.1, 0.15) is 5.82 Å². The van der Waals surface area contributed by atoms with Crippen molar-refractivity contribution in [3.63, 3.8) is 0 Å². The van der Waals surface area contributed by atoms with E-state index in [1.165, 1.54) is 0 Å². The maximum Gasteiger partial charge on any atom is 0.416 e. The van der Waals surface area contributed by atoms with E-state index in [2.05, 4.69) is 40.9 Å². The van der Waals surface area contributed by atoms with Crippen molar-refractivity contribution in [2.75, 3.05) is 7.05 Å². The van der Waals surface area contributed by atoms with Gasteiger partial charge in [-0.25, -0.2) is 4.98 Å². The number of halogens is 3. The molecular formula is C29H34F3N5. The third-order valence-electron chi connectivity index (χ3n) is 7.85. The topological polar surface area (TPSA) is 68.2 Å². The molecule has 3 N–H and O–H groups in total.